The lowest BCUT2D eigenvalue weighted by Crippen LogP contribution is -2.36. The van der Waals surface area contributed by atoms with Crippen LogP contribution in [0, 0.1) is 11.8 Å². The first kappa shape index (κ1) is 14.3. The van der Waals surface area contributed by atoms with Crippen molar-refractivity contribution in [3.05, 3.63) is 5.28 Å². The summed E-state index contributed by atoms with van der Waals surface area (Å²) in [5, 5.41) is 3.34. The minimum atomic E-state index is 0.256. The smallest absolute Gasteiger partial charge is 0.231 e. The van der Waals surface area contributed by atoms with Crippen LogP contribution in [0.25, 0.3) is 0 Å². The Kier molecular flexibility index (Phi) is 4.80. The van der Waals surface area contributed by atoms with E-state index in [0.29, 0.717) is 11.9 Å². The van der Waals surface area contributed by atoms with Crippen molar-refractivity contribution in [2.75, 3.05) is 29.9 Å². The fraction of sp³-hybridized carbons (Fsp3) is 0.769. The molecule has 2 rings (SSSR count). The molecule has 2 heterocycles. The zero-order chi connectivity index (χ0) is 13.8. The molecule has 0 spiro atoms. The molecular formula is C13H22ClN5. The first-order chi connectivity index (χ1) is 9.10. The number of hydrogen-bond donors (Lipinski definition) is 1. The minimum absolute atomic E-state index is 0.256. The number of aromatic nitrogens is 3. The van der Waals surface area contributed by atoms with Crippen molar-refractivity contribution in [1.82, 2.24) is 15.0 Å². The number of nitrogens with one attached hydrogen (secondary N) is 1. The second-order valence-corrected chi connectivity index (χ2v) is 5.66. The van der Waals surface area contributed by atoms with Gasteiger partial charge in [0.25, 0.3) is 0 Å². The molecular weight excluding hydrogens is 262 g/mol. The minimum Gasteiger partial charge on any atom is -0.354 e. The topological polar surface area (TPSA) is 53.9 Å². The average Bonchev–Trinajstić information content (AvgIpc) is 2.38. The summed E-state index contributed by atoms with van der Waals surface area (Å²) in [4.78, 5) is 14.9. The quantitative estimate of drug-likeness (QED) is 0.921. The standard InChI is InChI=1S/C13H22ClN5/c1-4-15-12-16-11(14)17-13(18-12)19-7-5-10(6-8-19)9(2)3/h9-10H,4-8H2,1-3H3,(H,15,16,17,18). The average molecular weight is 284 g/mol. The third-order valence-electron chi connectivity index (χ3n) is 3.70. The van der Waals surface area contributed by atoms with E-state index in [0.717, 1.165) is 31.5 Å². The van der Waals surface area contributed by atoms with Gasteiger partial charge in [-0.3, -0.25) is 0 Å². The first-order valence-electron chi connectivity index (χ1n) is 7.00. The molecule has 0 saturated carbocycles. The van der Waals surface area contributed by atoms with Crippen LogP contribution in [0.2, 0.25) is 5.28 Å². The molecule has 0 aliphatic carbocycles. The van der Waals surface area contributed by atoms with Crippen LogP contribution in [0.5, 0.6) is 0 Å². The van der Waals surface area contributed by atoms with Crippen molar-refractivity contribution in [2.24, 2.45) is 11.8 Å². The molecule has 0 radical (unpaired) electrons. The maximum Gasteiger partial charge on any atom is 0.231 e. The van der Waals surface area contributed by atoms with Gasteiger partial charge in [-0.2, -0.15) is 15.0 Å². The van der Waals surface area contributed by atoms with Crippen LogP contribution in [-0.2, 0) is 0 Å². The Bertz CT molecular complexity index is 415. The van der Waals surface area contributed by atoms with E-state index in [9.17, 15) is 0 Å². The Labute approximate surface area is 119 Å². The van der Waals surface area contributed by atoms with Crippen molar-refractivity contribution in [2.45, 2.75) is 33.6 Å². The molecule has 1 aliphatic heterocycles. The highest BCUT2D eigenvalue weighted by atomic mass is 35.5. The molecule has 1 aliphatic rings. The van der Waals surface area contributed by atoms with Gasteiger partial charge in [0.2, 0.25) is 17.2 Å². The predicted molar refractivity (Wildman–Crippen MR) is 78.8 cm³/mol. The van der Waals surface area contributed by atoms with E-state index < -0.39 is 0 Å². The molecule has 5 nitrogen and oxygen atoms in total. The van der Waals surface area contributed by atoms with Gasteiger partial charge in [0.05, 0.1) is 0 Å². The molecule has 0 bridgehead atoms. The van der Waals surface area contributed by atoms with Gasteiger partial charge in [-0.1, -0.05) is 13.8 Å². The zero-order valence-corrected chi connectivity index (χ0v) is 12.6. The highest BCUT2D eigenvalue weighted by Gasteiger charge is 2.23. The SMILES string of the molecule is CCNc1nc(Cl)nc(N2CCC(C(C)C)CC2)n1. The van der Waals surface area contributed by atoms with Gasteiger partial charge < -0.3 is 10.2 Å². The van der Waals surface area contributed by atoms with Crippen LogP contribution >= 0.6 is 11.6 Å². The summed E-state index contributed by atoms with van der Waals surface area (Å²) >= 11 is 5.96. The molecule has 0 aromatic carbocycles. The Morgan fingerprint density at radius 1 is 1.26 bits per heavy atom. The fourth-order valence-corrected chi connectivity index (χ4v) is 2.64. The molecule has 0 atom stereocenters. The van der Waals surface area contributed by atoms with Crippen molar-refractivity contribution >= 4 is 23.5 Å². The molecule has 6 heteroatoms. The van der Waals surface area contributed by atoms with Gasteiger partial charge in [0.15, 0.2) is 0 Å². The summed E-state index contributed by atoms with van der Waals surface area (Å²) in [5.74, 6) is 2.81. The number of piperidine rings is 1. The van der Waals surface area contributed by atoms with E-state index >= 15 is 0 Å². The maximum absolute atomic E-state index is 5.96. The Morgan fingerprint density at radius 3 is 2.53 bits per heavy atom. The molecule has 1 aromatic rings. The molecule has 106 valence electrons. The van der Waals surface area contributed by atoms with E-state index in [2.05, 4.69) is 39.0 Å². The van der Waals surface area contributed by atoms with Gasteiger partial charge in [-0.15, -0.1) is 0 Å². The van der Waals surface area contributed by atoms with Crippen LogP contribution < -0.4 is 10.2 Å². The van der Waals surface area contributed by atoms with E-state index in [1.54, 1.807) is 0 Å². The highest BCUT2D eigenvalue weighted by molar-refractivity contribution is 6.28. The molecule has 19 heavy (non-hydrogen) atoms. The monoisotopic (exact) mass is 283 g/mol. The second-order valence-electron chi connectivity index (χ2n) is 5.33. The van der Waals surface area contributed by atoms with E-state index in [-0.39, 0.29) is 5.28 Å². The summed E-state index contributed by atoms with van der Waals surface area (Å²) in [6.07, 6.45) is 2.38. The van der Waals surface area contributed by atoms with E-state index in [4.69, 9.17) is 11.6 Å². The van der Waals surface area contributed by atoms with Crippen LogP contribution in [-0.4, -0.2) is 34.6 Å². The second kappa shape index (κ2) is 6.37. The first-order valence-corrected chi connectivity index (χ1v) is 7.38. The summed E-state index contributed by atoms with van der Waals surface area (Å²) in [6, 6.07) is 0. The normalized spacial score (nSPS) is 17.0. The van der Waals surface area contributed by atoms with Crippen molar-refractivity contribution in [1.29, 1.82) is 0 Å². The molecule has 1 fully saturated rings. The Hall–Kier alpha value is -1.10. The van der Waals surface area contributed by atoms with E-state index in [1.807, 2.05) is 6.92 Å². The van der Waals surface area contributed by atoms with Gasteiger partial charge in [0, 0.05) is 19.6 Å². The van der Waals surface area contributed by atoms with E-state index in [1.165, 1.54) is 12.8 Å². The van der Waals surface area contributed by atoms with Gasteiger partial charge >= 0.3 is 0 Å². The molecule has 1 saturated heterocycles. The molecule has 1 N–H and O–H groups in total. The lowest BCUT2D eigenvalue weighted by Gasteiger charge is -2.33. The predicted octanol–water partition coefficient (Wildman–Crippen LogP) is 2.83. The van der Waals surface area contributed by atoms with Crippen molar-refractivity contribution < 1.29 is 0 Å². The molecule has 0 amide bonds. The van der Waals surface area contributed by atoms with Gasteiger partial charge in [0.1, 0.15) is 0 Å². The highest BCUT2D eigenvalue weighted by Crippen LogP contribution is 2.26. The molecule has 0 unspecified atom stereocenters. The van der Waals surface area contributed by atoms with Gasteiger partial charge in [-0.05, 0) is 43.2 Å². The summed E-state index contributed by atoms with van der Waals surface area (Å²) in [7, 11) is 0. The van der Waals surface area contributed by atoms with Crippen LogP contribution in [0.4, 0.5) is 11.9 Å². The van der Waals surface area contributed by atoms with Crippen LogP contribution in [0.15, 0.2) is 0 Å². The number of halogens is 1. The number of rotatable bonds is 4. The third-order valence-corrected chi connectivity index (χ3v) is 3.87. The van der Waals surface area contributed by atoms with Crippen molar-refractivity contribution in [3.63, 3.8) is 0 Å². The summed E-state index contributed by atoms with van der Waals surface area (Å²) < 4.78 is 0. The maximum atomic E-state index is 5.96. The zero-order valence-electron chi connectivity index (χ0n) is 11.9. The number of nitrogens with zero attached hydrogens (tertiary/aromatic N) is 4. The lowest BCUT2D eigenvalue weighted by molar-refractivity contribution is 0.310. The van der Waals surface area contributed by atoms with Crippen LogP contribution in [0.1, 0.15) is 33.6 Å². The van der Waals surface area contributed by atoms with Gasteiger partial charge in [-0.25, -0.2) is 0 Å². The Morgan fingerprint density at radius 2 is 1.95 bits per heavy atom. The number of hydrogen-bond acceptors (Lipinski definition) is 5. The third kappa shape index (κ3) is 3.69. The summed E-state index contributed by atoms with van der Waals surface area (Å²) in [5.41, 5.74) is 0. The fourth-order valence-electron chi connectivity index (χ4n) is 2.48. The summed E-state index contributed by atoms with van der Waals surface area (Å²) in [6.45, 7) is 9.36. The largest absolute Gasteiger partial charge is 0.354 e. The molecule has 1 aromatic heterocycles. The lowest BCUT2D eigenvalue weighted by atomic mass is 9.87. The number of anilines is 2. The van der Waals surface area contributed by atoms with Crippen molar-refractivity contribution in [3.8, 4) is 0 Å². The van der Waals surface area contributed by atoms with Crippen LogP contribution in [0.3, 0.4) is 0 Å². The Balaban J connectivity index is 2.06.